The van der Waals surface area contributed by atoms with E-state index in [4.69, 9.17) is 9.57 Å². The fraction of sp³-hybridized carbons (Fsp3) is 0.513. The van der Waals surface area contributed by atoms with Crippen LogP contribution in [0.4, 0.5) is 4.79 Å². The molecule has 3 saturated carbocycles. The molecule has 1 saturated heterocycles. The third kappa shape index (κ3) is 8.58. The Morgan fingerprint density at radius 1 is 0.868 bits per heavy atom. The van der Waals surface area contributed by atoms with Crippen molar-refractivity contribution in [3.63, 3.8) is 0 Å². The van der Waals surface area contributed by atoms with Gasteiger partial charge in [-0.15, -0.1) is 0 Å². The molecule has 0 radical (unpaired) electrons. The topological polar surface area (TPSA) is 173 Å². The average molecular weight is 746 g/mol. The molecule has 0 bridgehead atoms. The van der Waals surface area contributed by atoms with Gasteiger partial charge in [-0.05, 0) is 57.8 Å². The van der Waals surface area contributed by atoms with Crippen molar-refractivity contribution in [2.24, 2.45) is 11.1 Å². The number of oxime groups is 1. The van der Waals surface area contributed by atoms with Crippen LogP contribution in [0, 0.1) is 5.92 Å². The highest BCUT2D eigenvalue weighted by Crippen LogP contribution is 2.46. The van der Waals surface area contributed by atoms with Gasteiger partial charge in [0.2, 0.25) is 21.8 Å². The predicted molar refractivity (Wildman–Crippen MR) is 196 cm³/mol. The fourth-order valence-electron chi connectivity index (χ4n) is 7.25. The smallest absolute Gasteiger partial charge is 0.408 e. The fourth-order valence-corrected chi connectivity index (χ4v) is 8.61. The number of carbonyl (C=O) groups excluding carboxylic acids is 4. The molecule has 0 unspecified atom stereocenters. The van der Waals surface area contributed by atoms with Crippen molar-refractivity contribution in [1.29, 1.82) is 0 Å². The summed E-state index contributed by atoms with van der Waals surface area (Å²) >= 11 is 0. The van der Waals surface area contributed by atoms with Crippen molar-refractivity contribution in [1.82, 2.24) is 20.3 Å². The largest absolute Gasteiger partial charge is 0.446 e. The lowest BCUT2D eigenvalue weighted by Crippen LogP contribution is -2.58. The third-order valence-corrected chi connectivity index (χ3v) is 12.7. The molecule has 3 N–H and O–H groups in total. The van der Waals surface area contributed by atoms with Gasteiger partial charge >= 0.3 is 6.09 Å². The number of fused-ring (bicyclic) bond motifs is 2. The zero-order valence-corrected chi connectivity index (χ0v) is 30.5. The van der Waals surface area contributed by atoms with E-state index in [1.807, 2.05) is 72.8 Å². The monoisotopic (exact) mass is 745 g/mol. The van der Waals surface area contributed by atoms with E-state index in [0.29, 0.717) is 37.8 Å². The molecule has 7 rings (SSSR count). The van der Waals surface area contributed by atoms with Gasteiger partial charge in [0.05, 0.1) is 11.8 Å². The Bertz CT molecular complexity index is 1810. The molecule has 53 heavy (non-hydrogen) atoms. The van der Waals surface area contributed by atoms with Crippen LogP contribution in [0.15, 0.2) is 78.0 Å². The van der Waals surface area contributed by atoms with Crippen LogP contribution >= 0.6 is 0 Å². The van der Waals surface area contributed by atoms with Gasteiger partial charge in [0.1, 0.15) is 35.5 Å². The Kier molecular flexibility index (Phi) is 10.9. The minimum atomic E-state index is -3.88. The zero-order valence-electron chi connectivity index (χ0n) is 29.7. The van der Waals surface area contributed by atoms with E-state index in [2.05, 4.69) is 20.5 Å². The number of nitrogens with one attached hydrogen (secondary N) is 3. The Hall–Kier alpha value is -4.72. The van der Waals surface area contributed by atoms with Crippen molar-refractivity contribution in [2.45, 2.75) is 112 Å². The van der Waals surface area contributed by atoms with Crippen LogP contribution in [-0.2, 0) is 34.0 Å². The first-order valence-electron chi connectivity index (χ1n) is 18.8. The molecule has 3 aliphatic carbocycles. The quantitative estimate of drug-likeness (QED) is 0.196. The molecule has 0 aromatic heterocycles. The van der Waals surface area contributed by atoms with Crippen molar-refractivity contribution >= 4 is 39.5 Å². The molecule has 13 nitrogen and oxygen atoms in total. The van der Waals surface area contributed by atoms with Crippen molar-refractivity contribution in [3.05, 3.63) is 83.9 Å². The number of alkyl carbamates (subject to hydrolysis) is 1. The number of amides is 4. The van der Waals surface area contributed by atoms with Crippen molar-refractivity contribution < 1.29 is 37.2 Å². The van der Waals surface area contributed by atoms with E-state index in [9.17, 15) is 27.6 Å². The molecule has 0 spiro atoms. The number of hydrogen-bond acceptors (Lipinski definition) is 9. The van der Waals surface area contributed by atoms with Crippen LogP contribution < -0.4 is 15.4 Å². The van der Waals surface area contributed by atoms with Gasteiger partial charge < -0.3 is 25.1 Å². The first-order chi connectivity index (χ1) is 25.6. The van der Waals surface area contributed by atoms with E-state index in [1.165, 1.54) is 4.90 Å². The molecule has 14 heteroatoms. The van der Waals surface area contributed by atoms with Crippen molar-refractivity contribution in [3.8, 4) is 0 Å². The van der Waals surface area contributed by atoms with Gasteiger partial charge in [0.15, 0.2) is 0 Å². The molecule has 282 valence electrons. The SMILES string of the molecule is O=C(N[C@H]1CCCCC/C=C\[C@@H]2C[C@]2(C(=O)NS(=O)(=O)C2CC2)NC(=O)[C@@H]2C[C@@H](ON=C(c3ccccc3)c3ccccc3)CN2C1=O)OC1CCC1. The van der Waals surface area contributed by atoms with Gasteiger partial charge in [-0.25, -0.2) is 13.2 Å². The van der Waals surface area contributed by atoms with E-state index in [1.54, 1.807) is 0 Å². The first-order valence-corrected chi connectivity index (χ1v) is 20.3. The Balaban J connectivity index is 1.17. The van der Waals surface area contributed by atoms with E-state index in [0.717, 1.165) is 43.2 Å². The van der Waals surface area contributed by atoms with E-state index < -0.39 is 68.7 Å². The number of hydrogen-bond donors (Lipinski definition) is 3. The number of rotatable bonds is 9. The molecule has 2 heterocycles. The van der Waals surface area contributed by atoms with Crippen LogP contribution in [0.2, 0.25) is 0 Å². The molecule has 2 aromatic carbocycles. The van der Waals surface area contributed by atoms with Crippen LogP contribution in [0.1, 0.15) is 88.2 Å². The molecule has 2 aliphatic heterocycles. The van der Waals surface area contributed by atoms with Gasteiger partial charge in [-0.1, -0.05) is 90.8 Å². The van der Waals surface area contributed by atoms with Gasteiger partial charge in [-0.2, -0.15) is 0 Å². The van der Waals surface area contributed by atoms with E-state index >= 15 is 0 Å². The number of benzene rings is 2. The summed E-state index contributed by atoms with van der Waals surface area (Å²) in [5.74, 6) is -2.27. The van der Waals surface area contributed by atoms with Crippen LogP contribution in [0.3, 0.4) is 0 Å². The standard InChI is InChI=1S/C39H47N5O8S/c45-35-33-23-30(52-42-34(26-13-6-4-7-14-26)27-15-8-5-9-16-27)25-44(33)36(46)32(40-38(48)51-29-18-12-19-29)20-11-3-1-2-10-17-28-24-39(28,41-35)37(47)43-53(49,50)31-21-22-31/h4-10,13-17,28-33H,1-3,11-12,18-25H2,(H,40,48)(H,41,45)(H,43,47)/b17-10-/t28-,30-,32+,33+,39+/m1/s1. The number of carbonyl (C=O) groups is 4. The predicted octanol–water partition coefficient (Wildman–Crippen LogP) is 4.08. The molecule has 5 atom stereocenters. The Morgan fingerprint density at radius 3 is 2.21 bits per heavy atom. The minimum absolute atomic E-state index is 0.00822. The highest BCUT2D eigenvalue weighted by atomic mass is 32.2. The highest BCUT2D eigenvalue weighted by molar-refractivity contribution is 7.91. The summed E-state index contributed by atoms with van der Waals surface area (Å²) in [5.41, 5.74) is 0.720. The second-order valence-corrected chi connectivity index (χ2v) is 16.8. The van der Waals surface area contributed by atoms with Crippen molar-refractivity contribution in [2.75, 3.05) is 6.54 Å². The summed E-state index contributed by atoms with van der Waals surface area (Å²) in [6.45, 7) is -0.00822. The van der Waals surface area contributed by atoms with E-state index in [-0.39, 0.29) is 25.5 Å². The zero-order chi connectivity index (χ0) is 37.0. The summed E-state index contributed by atoms with van der Waals surface area (Å²) in [5, 5.41) is 9.61. The summed E-state index contributed by atoms with van der Waals surface area (Å²) in [6.07, 6.45) is 9.33. The van der Waals surface area contributed by atoms with Gasteiger partial charge in [0.25, 0.3) is 5.91 Å². The molecule has 4 fully saturated rings. The lowest BCUT2D eigenvalue weighted by atomic mass is 9.96. The maximum absolute atomic E-state index is 14.4. The summed E-state index contributed by atoms with van der Waals surface area (Å²) < 4.78 is 33.4. The number of allylic oxidation sites excluding steroid dienone is 1. The first kappa shape index (κ1) is 36.6. The molecular weight excluding hydrogens is 699 g/mol. The highest BCUT2D eigenvalue weighted by Gasteiger charge is 2.62. The summed E-state index contributed by atoms with van der Waals surface area (Å²) in [7, 11) is -3.88. The second-order valence-electron chi connectivity index (χ2n) is 14.8. The normalized spacial score (nSPS) is 28.3. The number of sulfonamides is 1. The average Bonchev–Trinajstić information content (AvgIpc) is 4.06. The summed E-state index contributed by atoms with van der Waals surface area (Å²) in [4.78, 5) is 62.9. The number of ether oxygens (including phenoxy) is 1. The number of nitrogens with zero attached hydrogens (tertiary/aromatic N) is 2. The lowest BCUT2D eigenvalue weighted by Gasteiger charge is -2.30. The Morgan fingerprint density at radius 2 is 1.57 bits per heavy atom. The Labute approximate surface area is 310 Å². The third-order valence-electron chi connectivity index (χ3n) is 10.8. The van der Waals surface area contributed by atoms with Gasteiger partial charge in [0, 0.05) is 23.5 Å². The molecule has 5 aliphatic rings. The minimum Gasteiger partial charge on any atom is -0.446 e. The van der Waals surface area contributed by atoms with Gasteiger partial charge in [-0.3, -0.25) is 19.1 Å². The van der Waals surface area contributed by atoms with Crippen LogP contribution in [0.5, 0.6) is 0 Å². The second kappa shape index (κ2) is 15.7. The maximum Gasteiger partial charge on any atom is 0.408 e. The summed E-state index contributed by atoms with van der Waals surface area (Å²) in [6, 6.07) is 17.0. The van der Waals surface area contributed by atoms with Crippen LogP contribution in [0.25, 0.3) is 0 Å². The van der Waals surface area contributed by atoms with Crippen LogP contribution in [-0.4, -0.2) is 84.5 Å². The molecule has 4 amide bonds. The molecule has 2 aromatic rings. The molecular formula is C39H47N5O8S. The lowest BCUT2D eigenvalue weighted by molar-refractivity contribution is -0.141. The maximum atomic E-state index is 14.4.